The molecule has 0 radical (unpaired) electrons. The van der Waals surface area contributed by atoms with Crippen LogP contribution in [0.2, 0.25) is 5.02 Å². The van der Waals surface area contributed by atoms with Crippen molar-refractivity contribution >= 4 is 23.5 Å². The molecule has 0 aromatic heterocycles. The molecule has 0 heterocycles. The Labute approximate surface area is 178 Å². The van der Waals surface area contributed by atoms with Gasteiger partial charge in [0, 0.05) is 5.02 Å². The second-order valence-electron chi connectivity index (χ2n) is 7.00. The van der Waals surface area contributed by atoms with Gasteiger partial charge in [-0.1, -0.05) is 75.6 Å². The molecule has 0 unspecified atom stereocenters. The first-order chi connectivity index (χ1) is 14.1. The Morgan fingerprint density at radius 2 is 1.31 bits per heavy atom. The van der Waals surface area contributed by atoms with Gasteiger partial charge >= 0.3 is 11.9 Å². The molecule has 0 amide bonds. The first-order valence-electron chi connectivity index (χ1n) is 10.4. The molecule has 5 heteroatoms. The minimum absolute atomic E-state index is 0.184. The number of halogens is 1. The lowest BCUT2D eigenvalue weighted by molar-refractivity contribution is 0.0489. The summed E-state index contributed by atoms with van der Waals surface area (Å²) in [5.74, 6) is -0.745. The van der Waals surface area contributed by atoms with E-state index in [1.807, 2.05) is 0 Å². The number of ether oxygens (including phenoxy) is 2. The first-order valence-corrected chi connectivity index (χ1v) is 10.7. The van der Waals surface area contributed by atoms with Crippen molar-refractivity contribution in [2.75, 3.05) is 6.61 Å². The lowest BCUT2D eigenvalue weighted by Crippen LogP contribution is -2.16. The molecule has 0 aliphatic heterocycles. The summed E-state index contributed by atoms with van der Waals surface area (Å²) in [6.45, 7) is 2.57. The van der Waals surface area contributed by atoms with Crippen LogP contribution in [0, 0.1) is 0 Å². The average molecular weight is 417 g/mol. The van der Waals surface area contributed by atoms with E-state index in [4.69, 9.17) is 21.1 Å². The molecular weight excluding hydrogens is 388 g/mol. The average Bonchev–Trinajstić information content (AvgIpc) is 2.74. The van der Waals surface area contributed by atoms with E-state index in [2.05, 4.69) is 6.92 Å². The predicted octanol–water partition coefficient (Wildman–Crippen LogP) is 6.86. The van der Waals surface area contributed by atoms with E-state index in [1.165, 1.54) is 32.1 Å². The third-order valence-electron chi connectivity index (χ3n) is 4.62. The van der Waals surface area contributed by atoms with Gasteiger partial charge in [-0.05, 0) is 42.8 Å². The van der Waals surface area contributed by atoms with Crippen LogP contribution in [0.5, 0.6) is 5.75 Å². The standard InChI is InChI=1S/C24H29ClO4/c1-2-3-4-5-6-7-8-11-18-28-23(26)21-12-9-10-13-22(21)24(27)29-20-16-14-19(25)15-17-20/h9-10,12-17H,2-8,11,18H2,1H3. The van der Waals surface area contributed by atoms with Gasteiger partial charge in [0.25, 0.3) is 0 Å². The van der Waals surface area contributed by atoms with Crippen LogP contribution in [0.1, 0.15) is 79.0 Å². The van der Waals surface area contributed by atoms with Crippen LogP contribution in [0.15, 0.2) is 48.5 Å². The van der Waals surface area contributed by atoms with Crippen molar-refractivity contribution < 1.29 is 19.1 Å². The van der Waals surface area contributed by atoms with Crippen molar-refractivity contribution in [2.24, 2.45) is 0 Å². The molecule has 2 aromatic carbocycles. The van der Waals surface area contributed by atoms with Crippen LogP contribution in [0.3, 0.4) is 0 Å². The molecule has 0 bridgehead atoms. The summed E-state index contributed by atoms with van der Waals surface area (Å²) in [5, 5.41) is 0.551. The highest BCUT2D eigenvalue weighted by molar-refractivity contribution is 6.30. The van der Waals surface area contributed by atoms with Crippen molar-refractivity contribution in [2.45, 2.75) is 58.3 Å². The van der Waals surface area contributed by atoms with Crippen molar-refractivity contribution in [3.8, 4) is 5.75 Å². The van der Waals surface area contributed by atoms with E-state index < -0.39 is 11.9 Å². The third kappa shape index (κ3) is 8.28. The highest BCUT2D eigenvalue weighted by atomic mass is 35.5. The minimum atomic E-state index is -0.605. The fourth-order valence-corrected chi connectivity index (χ4v) is 3.11. The predicted molar refractivity (Wildman–Crippen MR) is 116 cm³/mol. The van der Waals surface area contributed by atoms with Crippen molar-refractivity contribution in [3.05, 3.63) is 64.7 Å². The van der Waals surface area contributed by atoms with Crippen LogP contribution in [0.25, 0.3) is 0 Å². The number of carbonyl (C=O) groups is 2. The molecule has 156 valence electrons. The van der Waals surface area contributed by atoms with Gasteiger partial charge in [-0.15, -0.1) is 0 Å². The van der Waals surface area contributed by atoms with E-state index >= 15 is 0 Å². The topological polar surface area (TPSA) is 52.6 Å². The number of esters is 2. The largest absolute Gasteiger partial charge is 0.462 e. The zero-order valence-corrected chi connectivity index (χ0v) is 17.7. The molecule has 0 saturated heterocycles. The third-order valence-corrected chi connectivity index (χ3v) is 4.87. The van der Waals surface area contributed by atoms with Crippen LogP contribution < -0.4 is 4.74 Å². The van der Waals surface area contributed by atoms with Crippen molar-refractivity contribution in [3.63, 3.8) is 0 Å². The summed E-state index contributed by atoms with van der Waals surface area (Å²) in [6, 6.07) is 13.0. The fraction of sp³-hybridized carbons (Fsp3) is 0.417. The monoisotopic (exact) mass is 416 g/mol. The Morgan fingerprint density at radius 1 is 0.759 bits per heavy atom. The van der Waals surface area contributed by atoms with Gasteiger partial charge in [-0.2, -0.15) is 0 Å². The quantitative estimate of drug-likeness (QED) is 0.215. The molecule has 4 nitrogen and oxygen atoms in total. The Morgan fingerprint density at radius 3 is 1.93 bits per heavy atom. The van der Waals surface area contributed by atoms with E-state index in [9.17, 15) is 9.59 Å². The summed E-state index contributed by atoms with van der Waals surface area (Å²) in [7, 11) is 0. The Bertz CT molecular complexity index is 771. The van der Waals surface area contributed by atoms with Gasteiger partial charge in [0.1, 0.15) is 5.75 Å². The summed E-state index contributed by atoms with van der Waals surface area (Å²) in [4.78, 5) is 24.9. The highest BCUT2D eigenvalue weighted by Crippen LogP contribution is 2.19. The number of carbonyl (C=O) groups excluding carboxylic acids is 2. The number of hydrogen-bond acceptors (Lipinski definition) is 4. The highest BCUT2D eigenvalue weighted by Gasteiger charge is 2.19. The number of unbranched alkanes of at least 4 members (excludes halogenated alkanes) is 7. The molecule has 2 rings (SSSR count). The number of hydrogen-bond donors (Lipinski definition) is 0. The molecule has 0 fully saturated rings. The second kappa shape index (κ2) is 13.0. The van der Waals surface area contributed by atoms with Gasteiger partial charge < -0.3 is 9.47 Å². The molecule has 29 heavy (non-hydrogen) atoms. The maximum Gasteiger partial charge on any atom is 0.344 e. The summed E-state index contributed by atoms with van der Waals surface area (Å²) in [5.41, 5.74) is 0.398. The SMILES string of the molecule is CCCCCCCCCCOC(=O)c1ccccc1C(=O)Oc1ccc(Cl)cc1. The molecule has 0 atom stereocenters. The zero-order valence-electron chi connectivity index (χ0n) is 17.0. The molecule has 2 aromatic rings. The molecule has 0 aliphatic rings. The molecule has 0 spiro atoms. The summed E-state index contributed by atoms with van der Waals surface area (Å²) >= 11 is 5.84. The van der Waals surface area contributed by atoms with E-state index in [1.54, 1.807) is 48.5 Å². The Hall–Kier alpha value is -2.33. The first kappa shape index (κ1) is 23.0. The van der Waals surface area contributed by atoms with Crippen LogP contribution >= 0.6 is 11.6 Å². The van der Waals surface area contributed by atoms with Gasteiger partial charge in [-0.3, -0.25) is 0 Å². The lowest BCUT2D eigenvalue weighted by atomic mass is 10.1. The van der Waals surface area contributed by atoms with Gasteiger partial charge in [0.15, 0.2) is 0 Å². The molecular formula is C24H29ClO4. The van der Waals surface area contributed by atoms with Crippen LogP contribution in [-0.2, 0) is 4.74 Å². The van der Waals surface area contributed by atoms with Crippen LogP contribution in [-0.4, -0.2) is 18.5 Å². The second-order valence-corrected chi connectivity index (χ2v) is 7.44. The lowest BCUT2D eigenvalue weighted by Gasteiger charge is -2.10. The molecule has 0 saturated carbocycles. The van der Waals surface area contributed by atoms with E-state index in [0.29, 0.717) is 17.4 Å². The van der Waals surface area contributed by atoms with Crippen LogP contribution in [0.4, 0.5) is 0 Å². The summed E-state index contributed by atoms with van der Waals surface area (Å²) < 4.78 is 10.7. The normalized spacial score (nSPS) is 10.6. The van der Waals surface area contributed by atoms with E-state index in [0.717, 1.165) is 19.3 Å². The molecule has 0 aliphatic carbocycles. The minimum Gasteiger partial charge on any atom is -0.462 e. The number of rotatable bonds is 12. The maximum absolute atomic E-state index is 12.5. The van der Waals surface area contributed by atoms with E-state index in [-0.39, 0.29) is 11.1 Å². The van der Waals surface area contributed by atoms with Gasteiger partial charge in [0.2, 0.25) is 0 Å². The molecule has 0 N–H and O–H groups in total. The van der Waals surface area contributed by atoms with Crippen molar-refractivity contribution in [1.29, 1.82) is 0 Å². The fourth-order valence-electron chi connectivity index (χ4n) is 2.98. The van der Waals surface area contributed by atoms with Gasteiger partial charge in [-0.25, -0.2) is 9.59 Å². The summed E-state index contributed by atoms with van der Waals surface area (Å²) in [6.07, 6.45) is 9.39. The maximum atomic E-state index is 12.5. The Kier molecular flexibility index (Phi) is 10.3. The van der Waals surface area contributed by atoms with Gasteiger partial charge in [0.05, 0.1) is 17.7 Å². The smallest absolute Gasteiger partial charge is 0.344 e. The zero-order chi connectivity index (χ0) is 20.9. The Balaban J connectivity index is 1.80. The van der Waals surface area contributed by atoms with Crippen molar-refractivity contribution in [1.82, 2.24) is 0 Å². The number of benzene rings is 2.